The number of carbonyl (C=O) groups is 3. The Morgan fingerprint density at radius 1 is 0.923 bits per heavy atom. The van der Waals surface area contributed by atoms with Crippen molar-refractivity contribution in [2.45, 2.75) is 25.2 Å². The number of carbonyl (C=O) groups excluding carboxylic acids is 2. The third-order valence-electron chi connectivity index (χ3n) is 5.91. The zero-order valence-electron chi connectivity index (χ0n) is 21.2. The van der Waals surface area contributed by atoms with E-state index >= 15 is 0 Å². The van der Waals surface area contributed by atoms with Gasteiger partial charge in [0.2, 0.25) is 10.0 Å². The fourth-order valence-electron chi connectivity index (χ4n) is 4.37. The summed E-state index contributed by atoms with van der Waals surface area (Å²) in [5.74, 6) is -4.16. The minimum Gasteiger partial charge on any atom is -0.481 e. The number of rotatable bonds is 10. The number of benzene rings is 2. The molecule has 1 aliphatic rings. The molecule has 2 aromatic carbocycles. The predicted octanol–water partition coefficient (Wildman–Crippen LogP) is 4.01. The van der Waals surface area contributed by atoms with Gasteiger partial charge in [0.1, 0.15) is 0 Å². The first-order valence-electron chi connectivity index (χ1n) is 11.5. The number of dihydropyridines is 1. The van der Waals surface area contributed by atoms with Gasteiger partial charge in [-0.05, 0) is 36.6 Å². The van der Waals surface area contributed by atoms with Crippen molar-refractivity contribution in [1.82, 2.24) is 5.32 Å². The van der Waals surface area contributed by atoms with Gasteiger partial charge in [0.05, 0.1) is 49.6 Å². The van der Waals surface area contributed by atoms with Crippen molar-refractivity contribution in [3.05, 3.63) is 86.2 Å². The maximum absolute atomic E-state index is 13.2. The quantitative estimate of drug-likeness (QED) is 0.346. The maximum Gasteiger partial charge on any atom is 0.336 e. The number of aliphatic carboxylic acids is 1. The number of nitrogens with one attached hydrogen (secondary N) is 2. The highest BCUT2D eigenvalue weighted by atomic mass is 35.5. The van der Waals surface area contributed by atoms with Crippen LogP contribution in [0.3, 0.4) is 0 Å². The van der Waals surface area contributed by atoms with Crippen LogP contribution in [0.15, 0.2) is 65.0 Å². The standard InChI is InChI=1S/C26H26Cl2N2O8S/c1-37-25(33)22-18(12-11-14-7-4-5-10-17(14)30-39(3,35)36)29-19(13-20(31)32)23(26(34)38-2)24(22)21-15(27)8-6-9-16(21)28/h4-10,24,29-30H,11-13H2,1-3H3,(H,31,32). The van der Waals surface area contributed by atoms with Crippen molar-refractivity contribution in [1.29, 1.82) is 0 Å². The highest BCUT2D eigenvalue weighted by Crippen LogP contribution is 2.45. The maximum atomic E-state index is 13.2. The van der Waals surface area contributed by atoms with Gasteiger partial charge in [-0.3, -0.25) is 9.52 Å². The van der Waals surface area contributed by atoms with Gasteiger partial charge < -0.3 is 19.9 Å². The molecule has 3 rings (SSSR count). The third kappa shape index (κ3) is 7.11. The Hall–Kier alpha value is -3.54. The second-order valence-corrected chi connectivity index (χ2v) is 11.1. The minimum absolute atomic E-state index is 0.0134. The van der Waals surface area contributed by atoms with E-state index in [9.17, 15) is 27.9 Å². The Kier molecular flexibility index (Phi) is 9.65. The molecule has 0 saturated carbocycles. The number of esters is 2. The SMILES string of the molecule is COC(=O)C1=C(CCc2ccccc2NS(C)(=O)=O)NC(CC(=O)O)=C(C(=O)OC)C1c1c(Cl)cccc1Cl. The lowest BCUT2D eigenvalue weighted by atomic mass is 9.78. The Balaban J connectivity index is 2.24. The van der Waals surface area contributed by atoms with Gasteiger partial charge in [0.15, 0.2) is 0 Å². The van der Waals surface area contributed by atoms with Crippen molar-refractivity contribution >= 4 is 56.8 Å². The first-order valence-corrected chi connectivity index (χ1v) is 14.1. The normalized spacial score (nSPS) is 15.5. The first kappa shape index (κ1) is 30.0. The number of allylic oxidation sites excluding steroid dienone is 1. The Labute approximate surface area is 235 Å². The van der Waals surface area contributed by atoms with E-state index in [1.165, 1.54) is 12.1 Å². The van der Waals surface area contributed by atoms with Crippen LogP contribution in [-0.2, 0) is 40.3 Å². The van der Waals surface area contributed by atoms with Gasteiger partial charge in [-0.15, -0.1) is 0 Å². The molecule has 13 heteroatoms. The molecule has 208 valence electrons. The third-order valence-corrected chi connectivity index (χ3v) is 7.16. The Morgan fingerprint density at radius 3 is 2.03 bits per heavy atom. The van der Waals surface area contributed by atoms with E-state index in [0.29, 0.717) is 11.3 Å². The largest absolute Gasteiger partial charge is 0.481 e. The second-order valence-electron chi connectivity index (χ2n) is 8.56. The molecule has 0 saturated heterocycles. The Bertz CT molecular complexity index is 1460. The van der Waals surface area contributed by atoms with Crippen molar-refractivity contribution < 1.29 is 37.4 Å². The molecule has 0 spiro atoms. The summed E-state index contributed by atoms with van der Waals surface area (Å²) in [4.78, 5) is 38.1. The van der Waals surface area contributed by atoms with E-state index in [0.717, 1.165) is 20.5 Å². The molecule has 3 N–H and O–H groups in total. The van der Waals surface area contributed by atoms with Gasteiger partial charge in [-0.25, -0.2) is 18.0 Å². The molecule has 10 nitrogen and oxygen atoms in total. The number of halogens is 2. The molecule has 39 heavy (non-hydrogen) atoms. The van der Waals surface area contributed by atoms with Crippen LogP contribution in [0.5, 0.6) is 0 Å². The number of anilines is 1. The topological polar surface area (TPSA) is 148 Å². The van der Waals surface area contributed by atoms with E-state index in [1.54, 1.807) is 30.3 Å². The van der Waals surface area contributed by atoms with Crippen molar-refractivity contribution in [3.8, 4) is 0 Å². The van der Waals surface area contributed by atoms with Crippen LogP contribution in [0.4, 0.5) is 5.69 Å². The average Bonchev–Trinajstić information content (AvgIpc) is 2.86. The summed E-state index contributed by atoms with van der Waals surface area (Å²) in [6.07, 6.45) is 0.744. The van der Waals surface area contributed by atoms with E-state index in [2.05, 4.69) is 10.0 Å². The Morgan fingerprint density at radius 2 is 1.49 bits per heavy atom. The number of methoxy groups -OCH3 is 2. The summed E-state index contributed by atoms with van der Waals surface area (Å²) in [5.41, 5.74) is 1.22. The fraction of sp³-hybridized carbons (Fsp3) is 0.269. The van der Waals surface area contributed by atoms with E-state index in [-0.39, 0.29) is 51.0 Å². The molecule has 0 bridgehead atoms. The van der Waals surface area contributed by atoms with Crippen LogP contribution in [0.2, 0.25) is 10.0 Å². The fourth-order valence-corrected chi connectivity index (χ4v) is 5.59. The summed E-state index contributed by atoms with van der Waals surface area (Å²) in [6.45, 7) is 0. The van der Waals surface area contributed by atoms with Crippen LogP contribution in [0, 0.1) is 0 Å². The monoisotopic (exact) mass is 596 g/mol. The van der Waals surface area contributed by atoms with Gasteiger partial charge in [0.25, 0.3) is 0 Å². The molecule has 2 aromatic rings. The van der Waals surface area contributed by atoms with Crippen LogP contribution < -0.4 is 10.0 Å². The number of sulfonamides is 1. The number of hydrogen-bond acceptors (Lipinski definition) is 8. The molecule has 0 radical (unpaired) electrons. The molecular weight excluding hydrogens is 571 g/mol. The summed E-state index contributed by atoms with van der Waals surface area (Å²) in [5, 5.41) is 12.8. The predicted molar refractivity (Wildman–Crippen MR) is 146 cm³/mol. The van der Waals surface area contributed by atoms with Crippen LogP contribution >= 0.6 is 23.2 Å². The van der Waals surface area contributed by atoms with Crippen molar-refractivity contribution in [3.63, 3.8) is 0 Å². The van der Waals surface area contributed by atoms with Crippen LogP contribution in [0.25, 0.3) is 0 Å². The molecule has 1 atom stereocenters. The van der Waals surface area contributed by atoms with E-state index < -0.39 is 40.3 Å². The average molecular weight is 597 g/mol. The number of carboxylic acids is 1. The lowest BCUT2D eigenvalue weighted by Crippen LogP contribution is -2.35. The minimum atomic E-state index is -3.57. The second kappa shape index (κ2) is 12.5. The lowest BCUT2D eigenvalue weighted by Gasteiger charge is -2.33. The zero-order valence-corrected chi connectivity index (χ0v) is 23.5. The highest BCUT2D eigenvalue weighted by Gasteiger charge is 2.41. The number of ether oxygens (including phenoxy) is 2. The first-order chi connectivity index (χ1) is 18.4. The van der Waals surface area contributed by atoms with Crippen molar-refractivity contribution in [2.24, 2.45) is 0 Å². The van der Waals surface area contributed by atoms with Gasteiger partial charge >= 0.3 is 17.9 Å². The molecule has 0 aliphatic carbocycles. The number of aryl methyl sites for hydroxylation is 1. The number of para-hydroxylation sites is 1. The van der Waals surface area contributed by atoms with E-state index in [4.69, 9.17) is 32.7 Å². The van der Waals surface area contributed by atoms with Crippen LogP contribution in [-0.4, -0.2) is 51.9 Å². The number of carboxylic acid groups (broad SMARTS) is 1. The lowest BCUT2D eigenvalue weighted by molar-refractivity contribution is -0.137. The van der Waals surface area contributed by atoms with Gasteiger partial charge in [-0.2, -0.15) is 0 Å². The summed E-state index contributed by atoms with van der Waals surface area (Å²) in [6, 6.07) is 11.3. The molecule has 0 amide bonds. The summed E-state index contributed by atoms with van der Waals surface area (Å²) in [7, 11) is -1.28. The number of hydrogen-bond donors (Lipinski definition) is 3. The molecule has 1 unspecified atom stereocenters. The summed E-state index contributed by atoms with van der Waals surface area (Å²) < 4.78 is 36.2. The van der Waals surface area contributed by atoms with Crippen molar-refractivity contribution in [2.75, 3.05) is 25.2 Å². The summed E-state index contributed by atoms with van der Waals surface area (Å²) >= 11 is 13.0. The molecular formula is C26H26Cl2N2O8S. The van der Waals surface area contributed by atoms with E-state index in [1.807, 2.05) is 0 Å². The highest BCUT2D eigenvalue weighted by molar-refractivity contribution is 7.92. The molecule has 0 aromatic heterocycles. The molecule has 0 fully saturated rings. The smallest absolute Gasteiger partial charge is 0.336 e. The van der Waals surface area contributed by atoms with Gasteiger partial charge in [-0.1, -0.05) is 47.5 Å². The van der Waals surface area contributed by atoms with Gasteiger partial charge in [0, 0.05) is 27.0 Å². The molecule has 1 heterocycles. The van der Waals surface area contributed by atoms with Crippen LogP contribution in [0.1, 0.15) is 29.9 Å². The zero-order chi connectivity index (χ0) is 28.9. The molecule has 1 aliphatic heterocycles.